The highest BCUT2D eigenvalue weighted by molar-refractivity contribution is 5.34. The maximum atomic E-state index is 5.63. The van der Waals surface area contributed by atoms with E-state index in [0.29, 0.717) is 6.10 Å². The van der Waals surface area contributed by atoms with E-state index >= 15 is 0 Å². The lowest BCUT2D eigenvalue weighted by Gasteiger charge is -2.06. The Labute approximate surface area is 73.4 Å². The standard InChI is InChI=1S/C11H14O/c1-3-11-10-5-4-8(2)6-9(10)7-12-11/h4-6,11H,3,7H2,1-2H3. The minimum absolute atomic E-state index is 0.348. The highest BCUT2D eigenvalue weighted by atomic mass is 16.5. The van der Waals surface area contributed by atoms with Crippen molar-refractivity contribution in [1.29, 1.82) is 0 Å². The first-order chi connectivity index (χ1) is 5.81. The zero-order valence-electron chi connectivity index (χ0n) is 7.63. The van der Waals surface area contributed by atoms with Gasteiger partial charge in [-0.2, -0.15) is 0 Å². The van der Waals surface area contributed by atoms with Gasteiger partial charge in [0.25, 0.3) is 0 Å². The Hall–Kier alpha value is -0.820. The van der Waals surface area contributed by atoms with Crippen LogP contribution < -0.4 is 0 Å². The largest absolute Gasteiger partial charge is 0.369 e. The zero-order valence-corrected chi connectivity index (χ0v) is 7.63. The van der Waals surface area contributed by atoms with Gasteiger partial charge in [0.1, 0.15) is 0 Å². The summed E-state index contributed by atoms with van der Waals surface area (Å²) < 4.78 is 5.63. The van der Waals surface area contributed by atoms with Crippen molar-refractivity contribution in [3.05, 3.63) is 34.9 Å². The van der Waals surface area contributed by atoms with Crippen LogP contribution in [-0.4, -0.2) is 0 Å². The molecule has 0 bridgehead atoms. The third-order valence-corrected chi connectivity index (χ3v) is 2.46. The third kappa shape index (κ3) is 1.14. The van der Waals surface area contributed by atoms with Crippen molar-refractivity contribution < 1.29 is 4.74 Å². The van der Waals surface area contributed by atoms with Gasteiger partial charge < -0.3 is 4.74 Å². The molecule has 0 saturated carbocycles. The predicted octanol–water partition coefficient (Wildman–Crippen LogP) is 2.98. The van der Waals surface area contributed by atoms with Crippen molar-refractivity contribution in [3.8, 4) is 0 Å². The number of benzene rings is 1. The summed E-state index contributed by atoms with van der Waals surface area (Å²) in [4.78, 5) is 0. The van der Waals surface area contributed by atoms with Gasteiger partial charge >= 0.3 is 0 Å². The molecular weight excluding hydrogens is 148 g/mol. The zero-order chi connectivity index (χ0) is 8.55. The molecule has 1 nitrogen and oxygen atoms in total. The van der Waals surface area contributed by atoms with E-state index in [0.717, 1.165) is 13.0 Å². The summed E-state index contributed by atoms with van der Waals surface area (Å²) in [5.41, 5.74) is 4.10. The molecule has 0 N–H and O–H groups in total. The minimum Gasteiger partial charge on any atom is -0.369 e. The van der Waals surface area contributed by atoms with Crippen LogP contribution in [0.15, 0.2) is 18.2 Å². The van der Waals surface area contributed by atoms with Crippen LogP contribution in [0.5, 0.6) is 0 Å². The van der Waals surface area contributed by atoms with Crippen LogP contribution in [0, 0.1) is 6.92 Å². The van der Waals surface area contributed by atoms with Crippen LogP contribution in [0.4, 0.5) is 0 Å². The molecule has 0 fully saturated rings. The molecule has 0 aliphatic carbocycles. The molecule has 1 heteroatoms. The van der Waals surface area contributed by atoms with Crippen molar-refractivity contribution in [2.45, 2.75) is 33.0 Å². The number of hydrogen-bond acceptors (Lipinski definition) is 1. The first-order valence-corrected chi connectivity index (χ1v) is 4.52. The topological polar surface area (TPSA) is 9.23 Å². The summed E-state index contributed by atoms with van der Waals surface area (Å²) in [7, 11) is 0. The first-order valence-electron chi connectivity index (χ1n) is 4.52. The van der Waals surface area contributed by atoms with Crippen LogP contribution in [0.25, 0.3) is 0 Å². The van der Waals surface area contributed by atoms with E-state index in [1.807, 2.05) is 0 Å². The molecule has 1 atom stereocenters. The molecule has 0 aromatic heterocycles. The maximum absolute atomic E-state index is 5.63. The Morgan fingerprint density at radius 2 is 2.33 bits per heavy atom. The Balaban J connectivity index is 2.40. The molecule has 12 heavy (non-hydrogen) atoms. The van der Waals surface area contributed by atoms with E-state index in [9.17, 15) is 0 Å². The van der Waals surface area contributed by atoms with Crippen molar-refractivity contribution >= 4 is 0 Å². The lowest BCUT2D eigenvalue weighted by atomic mass is 10.0. The van der Waals surface area contributed by atoms with Crippen molar-refractivity contribution in [1.82, 2.24) is 0 Å². The Morgan fingerprint density at radius 1 is 1.50 bits per heavy atom. The summed E-state index contributed by atoms with van der Waals surface area (Å²) in [6.45, 7) is 5.09. The second kappa shape index (κ2) is 2.91. The number of rotatable bonds is 1. The monoisotopic (exact) mass is 162 g/mol. The molecule has 2 rings (SSSR count). The molecule has 1 aromatic carbocycles. The number of fused-ring (bicyclic) bond motifs is 1. The molecular formula is C11H14O. The molecule has 1 heterocycles. The van der Waals surface area contributed by atoms with Crippen molar-refractivity contribution in [3.63, 3.8) is 0 Å². The van der Waals surface area contributed by atoms with Gasteiger partial charge in [-0.1, -0.05) is 30.7 Å². The summed E-state index contributed by atoms with van der Waals surface area (Å²) in [6, 6.07) is 6.59. The van der Waals surface area contributed by atoms with Gasteiger partial charge in [0.05, 0.1) is 12.7 Å². The Bertz CT molecular complexity index is 291. The molecule has 0 radical (unpaired) electrons. The van der Waals surface area contributed by atoms with Crippen molar-refractivity contribution in [2.75, 3.05) is 0 Å². The molecule has 1 aliphatic heterocycles. The van der Waals surface area contributed by atoms with Gasteiger partial charge in [-0.15, -0.1) is 0 Å². The van der Waals surface area contributed by atoms with Crippen LogP contribution in [0.1, 0.15) is 36.1 Å². The number of hydrogen-bond donors (Lipinski definition) is 0. The Kier molecular flexibility index (Phi) is 1.89. The summed E-state index contributed by atoms with van der Waals surface area (Å²) in [5, 5.41) is 0. The lowest BCUT2D eigenvalue weighted by Crippen LogP contribution is -1.92. The molecule has 64 valence electrons. The third-order valence-electron chi connectivity index (χ3n) is 2.46. The van der Waals surface area contributed by atoms with Crippen LogP contribution in [0.2, 0.25) is 0 Å². The minimum atomic E-state index is 0.348. The van der Waals surface area contributed by atoms with Crippen molar-refractivity contribution in [2.24, 2.45) is 0 Å². The van der Waals surface area contributed by atoms with Gasteiger partial charge in [-0.25, -0.2) is 0 Å². The first kappa shape index (κ1) is 7.81. The van der Waals surface area contributed by atoms with Gasteiger partial charge in [-0.05, 0) is 24.5 Å². The number of ether oxygens (including phenoxy) is 1. The fourth-order valence-corrected chi connectivity index (χ4v) is 1.79. The van der Waals surface area contributed by atoms with Crippen LogP contribution in [0.3, 0.4) is 0 Å². The average molecular weight is 162 g/mol. The van der Waals surface area contributed by atoms with Crippen LogP contribution >= 0.6 is 0 Å². The number of aryl methyl sites for hydroxylation is 1. The second-order valence-corrected chi connectivity index (χ2v) is 3.41. The molecule has 1 aromatic rings. The predicted molar refractivity (Wildman–Crippen MR) is 49.0 cm³/mol. The van der Waals surface area contributed by atoms with Crippen LogP contribution in [-0.2, 0) is 11.3 Å². The molecule has 0 spiro atoms. The SMILES string of the molecule is CCC1OCc2cc(C)ccc21. The average Bonchev–Trinajstić information content (AvgIpc) is 2.46. The fourth-order valence-electron chi connectivity index (χ4n) is 1.79. The quantitative estimate of drug-likeness (QED) is 0.616. The lowest BCUT2D eigenvalue weighted by molar-refractivity contribution is 0.0636. The van der Waals surface area contributed by atoms with E-state index in [1.165, 1.54) is 16.7 Å². The van der Waals surface area contributed by atoms with Gasteiger partial charge in [-0.3, -0.25) is 0 Å². The van der Waals surface area contributed by atoms with E-state index in [1.54, 1.807) is 0 Å². The molecule has 1 unspecified atom stereocenters. The molecule has 1 aliphatic rings. The maximum Gasteiger partial charge on any atom is 0.0830 e. The van der Waals surface area contributed by atoms with Gasteiger partial charge in [0, 0.05) is 0 Å². The second-order valence-electron chi connectivity index (χ2n) is 3.41. The van der Waals surface area contributed by atoms with Gasteiger partial charge in [0.15, 0.2) is 0 Å². The highest BCUT2D eigenvalue weighted by Gasteiger charge is 2.20. The smallest absolute Gasteiger partial charge is 0.0830 e. The summed E-state index contributed by atoms with van der Waals surface area (Å²) >= 11 is 0. The summed E-state index contributed by atoms with van der Waals surface area (Å²) in [6.07, 6.45) is 1.43. The Morgan fingerprint density at radius 3 is 3.08 bits per heavy atom. The molecule has 0 saturated heterocycles. The highest BCUT2D eigenvalue weighted by Crippen LogP contribution is 2.32. The normalized spacial score (nSPS) is 21.0. The van der Waals surface area contributed by atoms with E-state index in [-0.39, 0.29) is 0 Å². The summed E-state index contributed by atoms with van der Waals surface area (Å²) in [5.74, 6) is 0. The van der Waals surface area contributed by atoms with E-state index in [2.05, 4.69) is 32.0 Å². The molecule has 0 amide bonds. The van der Waals surface area contributed by atoms with E-state index in [4.69, 9.17) is 4.74 Å². The van der Waals surface area contributed by atoms with Gasteiger partial charge in [0.2, 0.25) is 0 Å². The fraction of sp³-hybridized carbons (Fsp3) is 0.455. The van der Waals surface area contributed by atoms with E-state index < -0.39 is 0 Å².